The molecule has 0 aromatic carbocycles. The van der Waals surface area contributed by atoms with E-state index in [1.165, 1.54) is 0 Å². The SMILES string of the molecule is CCCNC(=O)C(C)N1CCCN(C(CC)CCN)CC1. The minimum Gasteiger partial charge on any atom is -0.355 e. The van der Waals surface area contributed by atoms with Gasteiger partial charge in [0.2, 0.25) is 5.91 Å². The van der Waals surface area contributed by atoms with Crippen LogP contribution in [0.5, 0.6) is 0 Å². The van der Waals surface area contributed by atoms with Crippen molar-refractivity contribution in [3.05, 3.63) is 0 Å². The fourth-order valence-corrected chi connectivity index (χ4v) is 3.11. The van der Waals surface area contributed by atoms with Gasteiger partial charge in [0.1, 0.15) is 0 Å². The first-order valence-electron chi connectivity index (χ1n) is 8.59. The van der Waals surface area contributed by atoms with E-state index in [-0.39, 0.29) is 11.9 Å². The molecule has 124 valence electrons. The van der Waals surface area contributed by atoms with Crippen molar-refractivity contribution in [1.29, 1.82) is 0 Å². The van der Waals surface area contributed by atoms with Crippen molar-refractivity contribution in [1.82, 2.24) is 15.1 Å². The van der Waals surface area contributed by atoms with Crippen LogP contribution >= 0.6 is 0 Å². The molecule has 1 aliphatic heterocycles. The van der Waals surface area contributed by atoms with Gasteiger partial charge in [-0.2, -0.15) is 0 Å². The smallest absolute Gasteiger partial charge is 0.237 e. The Morgan fingerprint density at radius 3 is 2.48 bits per heavy atom. The van der Waals surface area contributed by atoms with Crippen molar-refractivity contribution >= 4 is 5.91 Å². The van der Waals surface area contributed by atoms with Gasteiger partial charge in [0.05, 0.1) is 6.04 Å². The monoisotopic (exact) mass is 298 g/mol. The Morgan fingerprint density at radius 2 is 1.86 bits per heavy atom. The number of hydrogen-bond acceptors (Lipinski definition) is 4. The number of nitrogens with one attached hydrogen (secondary N) is 1. The van der Waals surface area contributed by atoms with Gasteiger partial charge in [0.15, 0.2) is 0 Å². The molecule has 21 heavy (non-hydrogen) atoms. The minimum absolute atomic E-state index is 0.0221. The molecule has 0 aromatic heterocycles. The maximum Gasteiger partial charge on any atom is 0.237 e. The lowest BCUT2D eigenvalue weighted by Crippen LogP contribution is -2.47. The first-order chi connectivity index (χ1) is 10.1. The van der Waals surface area contributed by atoms with Crippen LogP contribution in [0.2, 0.25) is 0 Å². The van der Waals surface area contributed by atoms with Gasteiger partial charge in [0, 0.05) is 32.2 Å². The van der Waals surface area contributed by atoms with Gasteiger partial charge < -0.3 is 11.1 Å². The average molecular weight is 298 g/mol. The number of carbonyl (C=O) groups excluding carboxylic acids is 1. The van der Waals surface area contributed by atoms with Gasteiger partial charge in [-0.3, -0.25) is 14.6 Å². The van der Waals surface area contributed by atoms with Crippen molar-refractivity contribution in [3.8, 4) is 0 Å². The van der Waals surface area contributed by atoms with E-state index in [0.29, 0.717) is 6.04 Å². The largest absolute Gasteiger partial charge is 0.355 e. The summed E-state index contributed by atoms with van der Waals surface area (Å²) in [6, 6.07) is 0.574. The van der Waals surface area contributed by atoms with E-state index in [1.807, 2.05) is 6.92 Å². The van der Waals surface area contributed by atoms with Gasteiger partial charge in [-0.1, -0.05) is 13.8 Å². The molecule has 1 rings (SSSR count). The number of nitrogens with zero attached hydrogens (tertiary/aromatic N) is 2. The topological polar surface area (TPSA) is 61.6 Å². The molecule has 1 fully saturated rings. The van der Waals surface area contributed by atoms with E-state index in [9.17, 15) is 4.79 Å². The highest BCUT2D eigenvalue weighted by molar-refractivity contribution is 5.81. The summed E-state index contributed by atoms with van der Waals surface area (Å²) in [6.45, 7) is 12.0. The van der Waals surface area contributed by atoms with E-state index in [4.69, 9.17) is 5.73 Å². The highest BCUT2D eigenvalue weighted by atomic mass is 16.2. The fraction of sp³-hybridized carbons (Fsp3) is 0.938. The van der Waals surface area contributed by atoms with Crippen LogP contribution in [0.15, 0.2) is 0 Å². The zero-order valence-corrected chi connectivity index (χ0v) is 14.1. The summed E-state index contributed by atoms with van der Waals surface area (Å²) in [6.07, 6.45) is 4.35. The van der Waals surface area contributed by atoms with Crippen LogP contribution in [0.1, 0.15) is 46.5 Å². The highest BCUT2D eigenvalue weighted by Crippen LogP contribution is 2.14. The summed E-state index contributed by atoms with van der Waals surface area (Å²) < 4.78 is 0. The lowest BCUT2D eigenvalue weighted by molar-refractivity contribution is -0.125. The third-order valence-electron chi connectivity index (χ3n) is 4.53. The first-order valence-corrected chi connectivity index (χ1v) is 8.59. The van der Waals surface area contributed by atoms with Crippen molar-refractivity contribution in [2.75, 3.05) is 39.3 Å². The summed E-state index contributed by atoms with van der Waals surface area (Å²) in [7, 11) is 0. The van der Waals surface area contributed by atoms with Gasteiger partial charge in [0.25, 0.3) is 0 Å². The van der Waals surface area contributed by atoms with Crippen molar-refractivity contribution in [3.63, 3.8) is 0 Å². The number of carbonyl (C=O) groups is 1. The summed E-state index contributed by atoms with van der Waals surface area (Å²) >= 11 is 0. The fourth-order valence-electron chi connectivity index (χ4n) is 3.11. The van der Waals surface area contributed by atoms with Crippen LogP contribution in [0.3, 0.4) is 0 Å². The molecule has 5 nitrogen and oxygen atoms in total. The highest BCUT2D eigenvalue weighted by Gasteiger charge is 2.25. The second-order valence-corrected chi connectivity index (χ2v) is 6.03. The van der Waals surface area contributed by atoms with Crippen LogP contribution in [0, 0.1) is 0 Å². The Labute approximate surface area is 130 Å². The molecule has 3 N–H and O–H groups in total. The molecule has 1 saturated heterocycles. The van der Waals surface area contributed by atoms with E-state index in [0.717, 1.165) is 65.0 Å². The molecular weight excluding hydrogens is 264 g/mol. The molecule has 1 heterocycles. The molecule has 0 aliphatic carbocycles. The Hall–Kier alpha value is -0.650. The summed E-state index contributed by atoms with van der Waals surface area (Å²) in [5, 5.41) is 3.00. The van der Waals surface area contributed by atoms with Crippen LogP contribution in [0.25, 0.3) is 0 Å². The minimum atomic E-state index is -0.0221. The molecule has 0 radical (unpaired) electrons. The Bertz CT molecular complexity index is 298. The van der Waals surface area contributed by atoms with E-state index in [1.54, 1.807) is 0 Å². The molecule has 5 heteroatoms. The normalized spacial score (nSPS) is 20.8. The molecular formula is C16H34N4O. The molecule has 0 saturated carbocycles. The molecule has 0 aromatic rings. The molecule has 2 unspecified atom stereocenters. The van der Waals surface area contributed by atoms with Gasteiger partial charge in [-0.25, -0.2) is 0 Å². The third kappa shape index (κ3) is 5.93. The lowest BCUT2D eigenvalue weighted by atomic mass is 10.1. The van der Waals surface area contributed by atoms with Crippen LogP contribution in [-0.4, -0.2) is 67.1 Å². The van der Waals surface area contributed by atoms with Gasteiger partial charge in [-0.05, 0) is 45.7 Å². The number of nitrogens with two attached hydrogens (primary N) is 1. The molecule has 0 bridgehead atoms. The Morgan fingerprint density at radius 1 is 1.19 bits per heavy atom. The van der Waals surface area contributed by atoms with Gasteiger partial charge in [-0.15, -0.1) is 0 Å². The van der Waals surface area contributed by atoms with E-state index < -0.39 is 0 Å². The molecule has 0 spiro atoms. The summed E-state index contributed by atoms with van der Waals surface area (Å²) in [5.74, 6) is 0.166. The standard InChI is InChI=1S/C16H34N4O/c1-4-9-18-16(21)14(3)19-10-6-11-20(13-12-19)15(5-2)7-8-17/h14-15H,4-13,17H2,1-3H3,(H,18,21). The predicted molar refractivity (Wildman–Crippen MR) is 88.3 cm³/mol. The van der Waals surface area contributed by atoms with E-state index >= 15 is 0 Å². The maximum absolute atomic E-state index is 12.1. The lowest BCUT2D eigenvalue weighted by Gasteiger charge is -2.30. The third-order valence-corrected chi connectivity index (χ3v) is 4.53. The quantitative estimate of drug-likeness (QED) is 0.703. The average Bonchev–Trinajstić information content (AvgIpc) is 2.75. The summed E-state index contributed by atoms with van der Waals surface area (Å²) in [4.78, 5) is 17.0. The van der Waals surface area contributed by atoms with Crippen molar-refractivity contribution in [2.24, 2.45) is 5.73 Å². The van der Waals surface area contributed by atoms with Crippen LogP contribution in [0.4, 0.5) is 0 Å². The Kier molecular flexibility index (Phi) is 8.88. The van der Waals surface area contributed by atoms with Crippen molar-refractivity contribution < 1.29 is 4.79 Å². The number of rotatable bonds is 8. The van der Waals surface area contributed by atoms with Gasteiger partial charge >= 0.3 is 0 Å². The predicted octanol–water partition coefficient (Wildman–Crippen LogP) is 1.04. The second kappa shape index (κ2) is 10.1. The molecule has 1 aliphatic rings. The number of amides is 1. The van der Waals surface area contributed by atoms with E-state index in [2.05, 4.69) is 29.0 Å². The maximum atomic E-state index is 12.1. The second-order valence-electron chi connectivity index (χ2n) is 6.03. The van der Waals surface area contributed by atoms with Crippen LogP contribution in [-0.2, 0) is 4.79 Å². The molecule has 2 atom stereocenters. The van der Waals surface area contributed by atoms with Crippen molar-refractivity contribution in [2.45, 2.75) is 58.5 Å². The summed E-state index contributed by atoms with van der Waals surface area (Å²) in [5.41, 5.74) is 5.72. The first kappa shape index (κ1) is 18.4. The Balaban J connectivity index is 2.49. The zero-order valence-electron chi connectivity index (χ0n) is 14.1. The number of hydrogen-bond donors (Lipinski definition) is 2. The molecule has 1 amide bonds. The van der Waals surface area contributed by atoms with Crippen LogP contribution < -0.4 is 11.1 Å². The zero-order chi connectivity index (χ0) is 15.7.